The number of benzene rings is 1. The molecule has 2 amide bonds. The fourth-order valence-electron chi connectivity index (χ4n) is 2.52. The fourth-order valence-corrected chi connectivity index (χ4v) is 2.52. The molecule has 1 aliphatic rings. The van der Waals surface area contributed by atoms with Gasteiger partial charge in [-0.1, -0.05) is 12.1 Å². The van der Waals surface area contributed by atoms with Crippen LogP contribution in [0.3, 0.4) is 0 Å². The highest BCUT2D eigenvalue weighted by molar-refractivity contribution is 5.73. The molecule has 1 heterocycles. The number of amides is 2. The maximum absolute atomic E-state index is 11.8. The molecule has 112 valence electrons. The molecule has 0 aliphatic carbocycles. The number of rotatable bonds is 3. The Morgan fingerprint density at radius 3 is 2.48 bits per heavy atom. The molecule has 1 aromatic rings. The van der Waals surface area contributed by atoms with Gasteiger partial charge in [0.1, 0.15) is 0 Å². The number of urea groups is 1. The molecule has 0 radical (unpaired) electrons. The van der Waals surface area contributed by atoms with Gasteiger partial charge in [0.05, 0.1) is 11.6 Å². The first kappa shape index (κ1) is 15.3. The average molecular weight is 286 g/mol. The minimum absolute atomic E-state index is 0.0977. The van der Waals surface area contributed by atoms with Gasteiger partial charge in [-0.05, 0) is 30.5 Å². The Labute approximate surface area is 126 Å². The van der Waals surface area contributed by atoms with Crippen LogP contribution in [0.5, 0.6) is 0 Å². The number of hydrogen-bond acceptors (Lipinski definition) is 3. The highest BCUT2D eigenvalue weighted by Gasteiger charge is 2.23. The molecule has 1 aliphatic heterocycles. The zero-order valence-electron chi connectivity index (χ0n) is 12.7. The van der Waals surface area contributed by atoms with E-state index in [0.29, 0.717) is 11.6 Å². The van der Waals surface area contributed by atoms with E-state index < -0.39 is 0 Å². The fraction of sp³-hybridized carbons (Fsp3) is 0.500. The zero-order chi connectivity index (χ0) is 15.2. The molecular weight excluding hydrogens is 264 g/mol. The van der Waals surface area contributed by atoms with E-state index in [-0.39, 0.29) is 6.03 Å². The first-order valence-corrected chi connectivity index (χ1v) is 7.29. The Balaban J connectivity index is 1.76. The number of likely N-dealkylation sites (tertiary alicyclic amines) is 1. The van der Waals surface area contributed by atoms with Crippen molar-refractivity contribution in [3.63, 3.8) is 0 Å². The molecule has 0 aromatic heterocycles. The van der Waals surface area contributed by atoms with Crippen molar-refractivity contribution in [2.45, 2.75) is 25.4 Å². The quantitative estimate of drug-likeness (QED) is 0.921. The smallest absolute Gasteiger partial charge is 0.319 e. The van der Waals surface area contributed by atoms with Crippen molar-refractivity contribution >= 4 is 6.03 Å². The second-order valence-electron chi connectivity index (χ2n) is 5.63. The number of carbonyl (C=O) groups is 1. The summed E-state index contributed by atoms with van der Waals surface area (Å²) in [6, 6.07) is 10.3. The van der Waals surface area contributed by atoms with E-state index in [4.69, 9.17) is 5.26 Å². The van der Waals surface area contributed by atoms with Gasteiger partial charge in [-0.15, -0.1) is 0 Å². The maximum atomic E-state index is 11.8. The lowest BCUT2D eigenvalue weighted by Crippen LogP contribution is -2.47. The van der Waals surface area contributed by atoms with Gasteiger partial charge in [0.2, 0.25) is 0 Å². The molecule has 0 saturated carbocycles. The SMILES string of the molecule is CN(C)C(=O)N1CCC(NCc2ccc(C#N)cc2)CC1. The molecular formula is C16H22N4O. The van der Waals surface area contributed by atoms with Crippen molar-refractivity contribution in [3.05, 3.63) is 35.4 Å². The van der Waals surface area contributed by atoms with Crippen LogP contribution in [-0.2, 0) is 6.54 Å². The lowest BCUT2D eigenvalue weighted by molar-refractivity contribution is 0.152. The Morgan fingerprint density at radius 1 is 1.33 bits per heavy atom. The summed E-state index contributed by atoms with van der Waals surface area (Å²) in [6.45, 7) is 2.42. The minimum atomic E-state index is 0.0977. The summed E-state index contributed by atoms with van der Waals surface area (Å²) in [7, 11) is 3.58. The molecule has 0 atom stereocenters. The Kier molecular flexibility index (Phi) is 5.18. The molecule has 1 N–H and O–H groups in total. The number of nitrogens with zero attached hydrogens (tertiary/aromatic N) is 3. The van der Waals surface area contributed by atoms with Gasteiger partial charge >= 0.3 is 6.03 Å². The van der Waals surface area contributed by atoms with Crippen LogP contribution in [0.15, 0.2) is 24.3 Å². The van der Waals surface area contributed by atoms with Crippen molar-refractivity contribution in [2.24, 2.45) is 0 Å². The molecule has 1 fully saturated rings. The second kappa shape index (κ2) is 7.09. The summed E-state index contributed by atoms with van der Waals surface area (Å²) in [6.07, 6.45) is 1.96. The number of nitrogens with one attached hydrogen (secondary N) is 1. The highest BCUT2D eigenvalue weighted by atomic mass is 16.2. The third kappa shape index (κ3) is 4.20. The molecule has 1 aromatic carbocycles. The molecule has 0 bridgehead atoms. The second-order valence-corrected chi connectivity index (χ2v) is 5.63. The molecule has 1 saturated heterocycles. The lowest BCUT2D eigenvalue weighted by Gasteiger charge is -2.34. The Morgan fingerprint density at radius 2 is 1.95 bits per heavy atom. The molecule has 5 nitrogen and oxygen atoms in total. The maximum Gasteiger partial charge on any atom is 0.319 e. The number of piperidine rings is 1. The Bertz CT molecular complexity index is 510. The summed E-state index contributed by atoms with van der Waals surface area (Å²) in [5, 5.41) is 12.3. The zero-order valence-corrected chi connectivity index (χ0v) is 12.7. The van der Waals surface area contributed by atoms with Crippen molar-refractivity contribution in [1.29, 1.82) is 5.26 Å². The molecule has 2 rings (SSSR count). The largest absolute Gasteiger partial charge is 0.331 e. The van der Waals surface area contributed by atoms with Crippen molar-refractivity contribution in [3.8, 4) is 6.07 Å². The predicted octanol–water partition coefficient (Wildman–Crippen LogP) is 1.79. The lowest BCUT2D eigenvalue weighted by atomic mass is 10.0. The standard InChI is InChI=1S/C16H22N4O/c1-19(2)16(21)20-9-7-15(8-10-20)18-12-14-5-3-13(11-17)4-6-14/h3-6,15,18H,7-10,12H2,1-2H3. The Hall–Kier alpha value is -2.06. The molecule has 5 heteroatoms. The van der Waals surface area contributed by atoms with Crippen LogP contribution in [0.25, 0.3) is 0 Å². The summed E-state index contributed by atoms with van der Waals surface area (Å²) < 4.78 is 0. The van der Waals surface area contributed by atoms with Gasteiger partial charge in [-0.2, -0.15) is 5.26 Å². The number of hydrogen-bond donors (Lipinski definition) is 1. The van der Waals surface area contributed by atoms with Crippen LogP contribution in [0.2, 0.25) is 0 Å². The van der Waals surface area contributed by atoms with Crippen molar-refractivity contribution in [1.82, 2.24) is 15.1 Å². The van der Waals surface area contributed by atoms with E-state index in [2.05, 4.69) is 11.4 Å². The molecule has 21 heavy (non-hydrogen) atoms. The monoisotopic (exact) mass is 286 g/mol. The van der Waals surface area contributed by atoms with Gasteiger partial charge in [-0.25, -0.2) is 4.79 Å². The van der Waals surface area contributed by atoms with Gasteiger partial charge in [0, 0.05) is 39.8 Å². The van der Waals surface area contributed by atoms with Crippen molar-refractivity contribution in [2.75, 3.05) is 27.2 Å². The van der Waals surface area contributed by atoms with E-state index in [1.165, 1.54) is 5.56 Å². The van der Waals surface area contributed by atoms with Gasteiger partial charge in [-0.3, -0.25) is 0 Å². The third-order valence-corrected chi connectivity index (χ3v) is 3.83. The van der Waals surface area contributed by atoms with Crippen LogP contribution in [0, 0.1) is 11.3 Å². The van der Waals surface area contributed by atoms with Gasteiger partial charge in [0.25, 0.3) is 0 Å². The van der Waals surface area contributed by atoms with Gasteiger partial charge in [0.15, 0.2) is 0 Å². The molecule has 0 unspecified atom stereocenters. The van der Waals surface area contributed by atoms with Crippen LogP contribution in [-0.4, -0.2) is 49.1 Å². The normalized spacial score (nSPS) is 15.6. The summed E-state index contributed by atoms with van der Waals surface area (Å²) in [4.78, 5) is 15.4. The first-order valence-electron chi connectivity index (χ1n) is 7.29. The van der Waals surface area contributed by atoms with Crippen molar-refractivity contribution < 1.29 is 4.79 Å². The van der Waals surface area contributed by atoms with E-state index in [1.54, 1.807) is 19.0 Å². The van der Waals surface area contributed by atoms with E-state index in [1.807, 2.05) is 29.2 Å². The predicted molar refractivity (Wildman–Crippen MR) is 81.7 cm³/mol. The van der Waals surface area contributed by atoms with E-state index >= 15 is 0 Å². The summed E-state index contributed by atoms with van der Waals surface area (Å²) >= 11 is 0. The number of carbonyl (C=O) groups excluding carboxylic acids is 1. The van der Waals surface area contributed by atoms with E-state index in [0.717, 1.165) is 32.5 Å². The topological polar surface area (TPSA) is 59.4 Å². The highest BCUT2D eigenvalue weighted by Crippen LogP contribution is 2.12. The van der Waals surface area contributed by atoms with Crippen LogP contribution in [0.4, 0.5) is 4.79 Å². The first-order chi connectivity index (χ1) is 10.1. The third-order valence-electron chi connectivity index (χ3n) is 3.83. The summed E-state index contributed by atoms with van der Waals surface area (Å²) in [5.74, 6) is 0. The van der Waals surface area contributed by atoms with Crippen LogP contribution in [0.1, 0.15) is 24.0 Å². The van der Waals surface area contributed by atoms with Crippen LogP contribution >= 0.6 is 0 Å². The van der Waals surface area contributed by atoms with E-state index in [9.17, 15) is 4.79 Å². The van der Waals surface area contributed by atoms with Crippen LogP contribution < -0.4 is 5.32 Å². The number of nitriles is 1. The average Bonchev–Trinajstić information content (AvgIpc) is 2.53. The molecule has 0 spiro atoms. The summed E-state index contributed by atoms with van der Waals surface area (Å²) in [5.41, 5.74) is 1.87. The van der Waals surface area contributed by atoms with Gasteiger partial charge < -0.3 is 15.1 Å². The minimum Gasteiger partial charge on any atom is -0.331 e.